The van der Waals surface area contributed by atoms with E-state index >= 15 is 0 Å². The van der Waals surface area contributed by atoms with Crippen LogP contribution in [-0.2, 0) is 4.74 Å². The summed E-state index contributed by atoms with van der Waals surface area (Å²) in [6.45, 7) is 11.0. The van der Waals surface area contributed by atoms with Crippen LogP contribution in [0.4, 0.5) is 0 Å². The normalized spacial score (nSPS) is 18.4. The molecule has 22 heavy (non-hydrogen) atoms. The van der Waals surface area contributed by atoms with Gasteiger partial charge in [0.15, 0.2) is 0 Å². The average molecular weight is 306 g/mol. The molecule has 0 radical (unpaired) electrons. The lowest BCUT2D eigenvalue weighted by molar-refractivity contribution is -0.260. The van der Waals surface area contributed by atoms with Crippen LogP contribution in [0.25, 0.3) is 0 Å². The third-order valence-corrected chi connectivity index (χ3v) is 4.19. The van der Waals surface area contributed by atoms with Crippen molar-refractivity contribution < 1.29 is 14.6 Å². The van der Waals surface area contributed by atoms with E-state index in [1.54, 1.807) is 0 Å². The number of hydrogen-bond acceptors (Lipinski definition) is 3. The fraction of sp³-hybridized carbons (Fsp3) is 0.684. The highest BCUT2D eigenvalue weighted by atomic mass is 16.8. The van der Waals surface area contributed by atoms with Crippen molar-refractivity contribution in [2.75, 3.05) is 0 Å². The van der Waals surface area contributed by atoms with E-state index in [9.17, 15) is 5.11 Å². The zero-order valence-corrected chi connectivity index (χ0v) is 14.7. The summed E-state index contributed by atoms with van der Waals surface area (Å²) in [4.78, 5) is 0. The van der Waals surface area contributed by atoms with Crippen LogP contribution in [0.5, 0.6) is 5.75 Å². The number of aliphatic hydroxyl groups excluding tert-OH is 1. The van der Waals surface area contributed by atoms with Gasteiger partial charge in [0.25, 0.3) is 0 Å². The molecule has 1 aromatic rings. The van der Waals surface area contributed by atoms with Crippen molar-refractivity contribution in [1.82, 2.24) is 0 Å². The highest BCUT2D eigenvalue weighted by molar-refractivity contribution is 5.45. The molecule has 2 rings (SSSR count). The third-order valence-electron chi connectivity index (χ3n) is 4.19. The Morgan fingerprint density at radius 2 is 1.68 bits per heavy atom. The van der Waals surface area contributed by atoms with Crippen LogP contribution in [-0.4, -0.2) is 17.2 Å². The first kappa shape index (κ1) is 17.3. The smallest absolute Gasteiger partial charge is 0.313 e. The van der Waals surface area contributed by atoms with E-state index in [4.69, 9.17) is 9.47 Å². The second-order valence-corrected chi connectivity index (χ2v) is 7.70. The molecule has 0 heterocycles. The van der Waals surface area contributed by atoms with Gasteiger partial charge in [0.05, 0.1) is 5.60 Å². The predicted molar refractivity (Wildman–Crippen MR) is 89.1 cm³/mol. The van der Waals surface area contributed by atoms with Gasteiger partial charge >= 0.3 is 6.48 Å². The Balaban J connectivity index is 2.29. The number of aliphatic hydroxyl groups is 1. The minimum Gasteiger partial charge on any atom is -0.441 e. The molecule has 1 saturated carbocycles. The van der Waals surface area contributed by atoms with Crippen molar-refractivity contribution in [2.24, 2.45) is 5.92 Å². The van der Waals surface area contributed by atoms with Gasteiger partial charge in [-0.3, -0.25) is 0 Å². The molecule has 0 spiro atoms. The SMILES string of the molecule is CC(C)c1cccc(C(C)C2CC2)c1OC(O)OC(C)(C)C. The minimum atomic E-state index is -1.25. The summed E-state index contributed by atoms with van der Waals surface area (Å²) < 4.78 is 11.4. The summed E-state index contributed by atoms with van der Waals surface area (Å²) in [5.41, 5.74) is 1.86. The van der Waals surface area contributed by atoms with Crippen LogP contribution >= 0.6 is 0 Å². The Kier molecular flexibility index (Phi) is 5.18. The third kappa shape index (κ3) is 4.47. The van der Waals surface area contributed by atoms with Crippen molar-refractivity contribution in [2.45, 2.75) is 78.3 Å². The van der Waals surface area contributed by atoms with Crippen molar-refractivity contribution in [1.29, 1.82) is 0 Å². The topological polar surface area (TPSA) is 38.7 Å². The first-order chi connectivity index (χ1) is 10.2. The van der Waals surface area contributed by atoms with Gasteiger partial charge in [-0.25, -0.2) is 0 Å². The number of benzene rings is 1. The largest absolute Gasteiger partial charge is 0.441 e. The molecule has 0 amide bonds. The maximum Gasteiger partial charge on any atom is 0.313 e. The highest BCUT2D eigenvalue weighted by Gasteiger charge is 2.32. The van der Waals surface area contributed by atoms with Gasteiger partial charge in [0, 0.05) is 0 Å². The van der Waals surface area contributed by atoms with Crippen LogP contribution in [0.2, 0.25) is 0 Å². The van der Waals surface area contributed by atoms with E-state index in [1.165, 1.54) is 18.4 Å². The molecule has 124 valence electrons. The number of rotatable bonds is 6. The predicted octanol–water partition coefficient (Wildman–Crippen LogP) is 4.79. The van der Waals surface area contributed by atoms with Gasteiger partial charge in [-0.05, 0) is 62.5 Å². The van der Waals surface area contributed by atoms with Gasteiger partial charge in [-0.1, -0.05) is 39.0 Å². The molecular weight excluding hydrogens is 276 g/mol. The first-order valence-electron chi connectivity index (χ1n) is 8.34. The summed E-state index contributed by atoms with van der Waals surface area (Å²) in [6, 6.07) is 6.29. The van der Waals surface area contributed by atoms with Crippen molar-refractivity contribution >= 4 is 0 Å². The highest BCUT2D eigenvalue weighted by Crippen LogP contribution is 2.46. The van der Waals surface area contributed by atoms with Gasteiger partial charge in [-0.2, -0.15) is 0 Å². The van der Waals surface area contributed by atoms with Gasteiger partial charge in [-0.15, -0.1) is 0 Å². The molecule has 1 fully saturated rings. The molecule has 0 aromatic heterocycles. The molecule has 1 aliphatic carbocycles. The monoisotopic (exact) mass is 306 g/mol. The molecule has 0 saturated heterocycles. The van der Waals surface area contributed by atoms with Gasteiger partial charge in [0.2, 0.25) is 0 Å². The van der Waals surface area contributed by atoms with Gasteiger partial charge < -0.3 is 14.6 Å². The summed E-state index contributed by atoms with van der Waals surface area (Å²) in [5, 5.41) is 10.2. The Labute approximate surface area is 134 Å². The van der Waals surface area contributed by atoms with Crippen molar-refractivity contribution in [3.05, 3.63) is 29.3 Å². The molecule has 1 N–H and O–H groups in total. The van der Waals surface area contributed by atoms with Crippen molar-refractivity contribution in [3.63, 3.8) is 0 Å². The van der Waals surface area contributed by atoms with Crippen LogP contribution in [0.3, 0.4) is 0 Å². The second-order valence-electron chi connectivity index (χ2n) is 7.70. The number of hydrogen-bond donors (Lipinski definition) is 1. The van der Waals surface area contributed by atoms with E-state index in [0.29, 0.717) is 11.8 Å². The molecule has 0 bridgehead atoms. The standard InChI is InChI=1S/C19H30O3/c1-12(2)15-8-7-9-16(13(3)14-10-11-14)17(15)21-18(20)22-19(4,5)6/h7-9,12-14,18,20H,10-11H2,1-6H3. The van der Waals surface area contributed by atoms with E-state index in [0.717, 1.165) is 17.2 Å². The number of para-hydroxylation sites is 1. The molecule has 1 aromatic carbocycles. The summed E-state index contributed by atoms with van der Waals surface area (Å²) in [6.07, 6.45) is 2.57. The van der Waals surface area contributed by atoms with Crippen LogP contribution in [0.15, 0.2) is 18.2 Å². The van der Waals surface area contributed by atoms with E-state index < -0.39 is 12.1 Å². The molecular formula is C19H30O3. The number of ether oxygens (including phenoxy) is 2. The average Bonchev–Trinajstić information content (AvgIpc) is 3.19. The first-order valence-corrected chi connectivity index (χ1v) is 8.34. The maximum absolute atomic E-state index is 10.2. The summed E-state index contributed by atoms with van der Waals surface area (Å²) >= 11 is 0. The van der Waals surface area contributed by atoms with Crippen LogP contribution < -0.4 is 4.74 Å². The molecule has 3 heteroatoms. The van der Waals surface area contributed by atoms with Gasteiger partial charge in [0.1, 0.15) is 5.75 Å². The lowest BCUT2D eigenvalue weighted by atomic mass is 9.90. The lowest BCUT2D eigenvalue weighted by Gasteiger charge is -2.27. The van der Waals surface area contributed by atoms with E-state index in [-0.39, 0.29) is 0 Å². The fourth-order valence-electron chi connectivity index (χ4n) is 2.80. The molecule has 2 atom stereocenters. The molecule has 2 unspecified atom stereocenters. The van der Waals surface area contributed by atoms with E-state index in [2.05, 4.69) is 39.0 Å². The zero-order valence-electron chi connectivity index (χ0n) is 14.7. The van der Waals surface area contributed by atoms with Crippen molar-refractivity contribution in [3.8, 4) is 5.75 Å². The Morgan fingerprint density at radius 3 is 2.18 bits per heavy atom. The molecule has 3 nitrogen and oxygen atoms in total. The lowest BCUT2D eigenvalue weighted by Crippen LogP contribution is -2.31. The quantitative estimate of drug-likeness (QED) is 0.768. The second kappa shape index (κ2) is 6.59. The van der Waals surface area contributed by atoms with E-state index in [1.807, 2.05) is 20.8 Å². The zero-order chi connectivity index (χ0) is 16.5. The minimum absolute atomic E-state index is 0.336. The molecule has 0 aliphatic heterocycles. The maximum atomic E-state index is 10.2. The summed E-state index contributed by atoms with van der Waals surface area (Å²) in [7, 11) is 0. The summed E-state index contributed by atoms with van der Waals surface area (Å²) in [5.74, 6) is 2.33. The Morgan fingerprint density at radius 1 is 1.09 bits per heavy atom. The van der Waals surface area contributed by atoms with Crippen LogP contribution in [0.1, 0.15) is 77.3 Å². The molecule has 1 aliphatic rings. The Bertz CT molecular complexity index is 498. The van der Waals surface area contributed by atoms with Crippen LogP contribution in [0, 0.1) is 5.92 Å². The Hall–Kier alpha value is -1.06. The fourth-order valence-corrected chi connectivity index (χ4v) is 2.80.